The maximum Gasteiger partial charge on any atom is 0.338 e. The molecule has 16 heavy (non-hydrogen) atoms. The molecule has 0 atom stereocenters. The van der Waals surface area contributed by atoms with Crippen LogP contribution >= 0.6 is 0 Å². The molecule has 0 spiro atoms. The summed E-state index contributed by atoms with van der Waals surface area (Å²) >= 11 is 0. The fourth-order valence-electron chi connectivity index (χ4n) is 1.59. The highest BCUT2D eigenvalue weighted by atomic mass is 16.5. The van der Waals surface area contributed by atoms with Crippen LogP contribution in [0, 0.1) is 18.3 Å². The maximum absolute atomic E-state index is 11.4. The first-order valence-corrected chi connectivity index (χ1v) is 4.68. The second kappa shape index (κ2) is 3.70. The zero-order valence-corrected chi connectivity index (χ0v) is 8.90. The second-order valence-corrected chi connectivity index (χ2v) is 3.42. The number of carbonyl (C=O) groups excluding carboxylic acids is 1. The number of ether oxygens (including phenoxy) is 1. The summed E-state index contributed by atoms with van der Waals surface area (Å²) in [5, 5.41) is 9.50. The second-order valence-electron chi connectivity index (χ2n) is 3.42. The van der Waals surface area contributed by atoms with Crippen LogP contribution in [0.3, 0.4) is 0 Å². The van der Waals surface area contributed by atoms with Crippen molar-refractivity contribution in [3.8, 4) is 6.07 Å². The third-order valence-corrected chi connectivity index (χ3v) is 2.38. The van der Waals surface area contributed by atoms with Crippen molar-refractivity contribution >= 4 is 16.9 Å². The van der Waals surface area contributed by atoms with Gasteiger partial charge in [0.05, 0.1) is 12.7 Å². The first kappa shape index (κ1) is 10.2. The van der Waals surface area contributed by atoms with E-state index in [9.17, 15) is 4.79 Å². The molecule has 0 fully saturated rings. The van der Waals surface area contributed by atoms with E-state index >= 15 is 0 Å². The van der Waals surface area contributed by atoms with E-state index in [0.29, 0.717) is 11.1 Å². The lowest BCUT2D eigenvalue weighted by molar-refractivity contribution is 0.0600. The summed E-state index contributed by atoms with van der Waals surface area (Å²) in [6.07, 6.45) is 0. The number of furan rings is 1. The van der Waals surface area contributed by atoms with Crippen molar-refractivity contribution in [3.63, 3.8) is 0 Å². The Morgan fingerprint density at radius 3 is 2.81 bits per heavy atom. The fourth-order valence-corrected chi connectivity index (χ4v) is 1.59. The summed E-state index contributed by atoms with van der Waals surface area (Å²) in [7, 11) is 1.33. The summed E-state index contributed by atoms with van der Waals surface area (Å²) in [5.41, 5.74) is 1.76. The molecule has 0 bridgehead atoms. The van der Waals surface area contributed by atoms with E-state index in [1.807, 2.05) is 13.0 Å². The molecule has 0 N–H and O–H groups in total. The third kappa shape index (κ3) is 1.52. The van der Waals surface area contributed by atoms with E-state index in [1.54, 1.807) is 18.2 Å². The van der Waals surface area contributed by atoms with Crippen LogP contribution in [0.4, 0.5) is 0 Å². The minimum Gasteiger partial charge on any atom is -0.465 e. The van der Waals surface area contributed by atoms with Crippen LogP contribution in [0.2, 0.25) is 0 Å². The molecule has 0 unspecified atom stereocenters. The Hall–Kier alpha value is -2.28. The number of esters is 1. The molecule has 0 aliphatic heterocycles. The van der Waals surface area contributed by atoms with Gasteiger partial charge in [-0.1, -0.05) is 0 Å². The van der Waals surface area contributed by atoms with Gasteiger partial charge in [-0.05, 0) is 24.6 Å². The number of hydrogen-bond donors (Lipinski definition) is 0. The van der Waals surface area contributed by atoms with Crippen molar-refractivity contribution in [2.45, 2.75) is 6.92 Å². The third-order valence-electron chi connectivity index (χ3n) is 2.38. The number of hydrogen-bond acceptors (Lipinski definition) is 4. The molecule has 4 nitrogen and oxygen atoms in total. The number of carbonyl (C=O) groups is 1. The van der Waals surface area contributed by atoms with Gasteiger partial charge in [-0.15, -0.1) is 0 Å². The van der Waals surface area contributed by atoms with E-state index in [2.05, 4.69) is 4.74 Å². The highest BCUT2D eigenvalue weighted by molar-refractivity contribution is 5.95. The lowest BCUT2D eigenvalue weighted by Gasteiger charge is -2.02. The van der Waals surface area contributed by atoms with Gasteiger partial charge in [0.25, 0.3) is 0 Å². The largest absolute Gasteiger partial charge is 0.465 e. The van der Waals surface area contributed by atoms with Crippen LogP contribution < -0.4 is 0 Å². The highest BCUT2D eigenvalue weighted by Gasteiger charge is 2.12. The Morgan fingerprint density at radius 1 is 1.44 bits per heavy atom. The Bertz CT molecular complexity index is 604. The van der Waals surface area contributed by atoms with E-state index < -0.39 is 5.97 Å². The SMILES string of the molecule is COC(=O)c1cc2oc(C#N)cc2cc1C. The molecular formula is C12H9NO3. The summed E-state index contributed by atoms with van der Waals surface area (Å²) in [6.45, 7) is 1.81. The normalized spacial score (nSPS) is 10.1. The van der Waals surface area contributed by atoms with Gasteiger partial charge in [-0.3, -0.25) is 0 Å². The standard InChI is InChI=1S/C12H9NO3/c1-7-3-8-4-9(6-13)16-11(8)5-10(7)12(14)15-2/h3-5H,1-2H3. The van der Waals surface area contributed by atoms with Crippen molar-refractivity contribution in [1.82, 2.24) is 0 Å². The van der Waals surface area contributed by atoms with Crippen molar-refractivity contribution in [2.24, 2.45) is 0 Å². The first-order valence-electron chi connectivity index (χ1n) is 4.68. The number of aryl methyl sites for hydroxylation is 1. The molecule has 1 aromatic carbocycles. The number of nitrogens with zero attached hydrogens (tertiary/aromatic N) is 1. The average molecular weight is 215 g/mol. The number of fused-ring (bicyclic) bond motifs is 1. The van der Waals surface area contributed by atoms with Crippen molar-refractivity contribution in [2.75, 3.05) is 7.11 Å². The number of benzene rings is 1. The molecule has 0 aliphatic carbocycles. The van der Waals surface area contributed by atoms with Gasteiger partial charge in [0, 0.05) is 11.5 Å². The smallest absolute Gasteiger partial charge is 0.338 e. The Kier molecular flexibility index (Phi) is 2.37. The predicted molar refractivity (Wildman–Crippen MR) is 57.0 cm³/mol. The molecule has 4 heteroatoms. The lowest BCUT2D eigenvalue weighted by atomic mass is 10.1. The summed E-state index contributed by atoms with van der Waals surface area (Å²) in [6, 6.07) is 6.95. The molecule has 0 radical (unpaired) electrons. The Morgan fingerprint density at radius 2 is 2.19 bits per heavy atom. The van der Waals surface area contributed by atoms with Crippen LogP contribution in [0.5, 0.6) is 0 Å². The molecule has 2 rings (SSSR count). The number of rotatable bonds is 1. The molecule has 0 aliphatic rings. The minimum atomic E-state index is -0.408. The molecule has 0 saturated carbocycles. The Balaban J connectivity index is 2.66. The lowest BCUT2D eigenvalue weighted by Crippen LogP contribution is -2.03. The van der Waals surface area contributed by atoms with Crippen molar-refractivity contribution < 1.29 is 13.9 Å². The van der Waals surface area contributed by atoms with Gasteiger partial charge >= 0.3 is 5.97 Å². The zero-order chi connectivity index (χ0) is 11.7. The van der Waals surface area contributed by atoms with Crippen molar-refractivity contribution in [3.05, 3.63) is 35.1 Å². The van der Waals surface area contributed by atoms with Gasteiger partial charge in [0.15, 0.2) is 0 Å². The molecule has 80 valence electrons. The summed E-state index contributed by atoms with van der Waals surface area (Å²) in [4.78, 5) is 11.4. The topological polar surface area (TPSA) is 63.2 Å². The summed E-state index contributed by atoms with van der Waals surface area (Å²) in [5.74, 6) is -0.175. The van der Waals surface area contributed by atoms with E-state index in [4.69, 9.17) is 9.68 Å². The van der Waals surface area contributed by atoms with Gasteiger partial charge in [-0.2, -0.15) is 5.26 Å². The summed E-state index contributed by atoms with van der Waals surface area (Å²) < 4.78 is 9.89. The van der Waals surface area contributed by atoms with Crippen LogP contribution in [-0.2, 0) is 4.74 Å². The van der Waals surface area contributed by atoms with E-state index in [0.717, 1.165) is 10.9 Å². The monoisotopic (exact) mass is 215 g/mol. The average Bonchev–Trinajstić information content (AvgIpc) is 2.68. The Labute approximate surface area is 92.0 Å². The van der Waals surface area contributed by atoms with Crippen LogP contribution in [0.15, 0.2) is 22.6 Å². The molecule has 2 aromatic rings. The first-order chi connectivity index (χ1) is 7.65. The molecule has 1 heterocycles. The van der Waals surface area contributed by atoms with Gasteiger partial charge in [-0.25, -0.2) is 4.79 Å². The predicted octanol–water partition coefficient (Wildman–Crippen LogP) is 2.40. The zero-order valence-electron chi connectivity index (χ0n) is 8.90. The van der Waals surface area contributed by atoms with Crippen LogP contribution in [0.1, 0.15) is 21.7 Å². The number of nitriles is 1. The molecular weight excluding hydrogens is 206 g/mol. The molecule has 1 aromatic heterocycles. The minimum absolute atomic E-state index is 0.233. The van der Waals surface area contributed by atoms with Crippen LogP contribution in [-0.4, -0.2) is 13.1 Å². The van der Waals surface area contributed by atoms with E-state index in [-0.39, 0.29) is 5.76 Å². The van der Waals surface area contributed by atoms with Crippen molar-refractivity contribution in [1.29, 1.82) is 5.26 Å². The molecule has 0 amide bonds. The quantitative estimate of drug-likeness (QED) is 0.685. The van der Waals surface area contributed by atoms with Crippen LogP contribution in [0.25, 0.3) is 11.0 Å². The fraction of sp³-hybridized carbons (Fsp3) is 0.167. The van der Waals surface area contributed by atoms with Gasteiger partial charge < -0.3 is 9.15 Å². The van der Waals surface area contributed by atoms with E-state index in [1.165, 1.54) is 7.11 Å². The maximum atomic E-state index is 11.4. The van der Waals surface area contributed by atoms with Gasteiger partial charge in [0.1, 0.15) is 11.7 Å². The van der Waals surface area contributed by atoms with Gasteiger partial charge in [0.2, 0.25) is 5.76 Å². The number of methoxy groups -OCH3 is 1. The highest BCUT2D eigenvalue weighted by Crippen LogP contribution is 2.23. The molecule has 0 saturated heterocycles.